The van der Waals surface area contributed by atoms with Gasteiger partial charge in [-0.25, -0.2) is 0 Å². The molecule has 0 atom stereocenters. The van der Waals surface area contributed by atoms with Gasteiger partial charge in [0.05, 0.1) is 0 Å². The highest BCUT2D eigenvalue weighted by Crippen LogP contribution is 2.28. The van der Waals surface area contributed by atoms with Crippen LogP contribution in [0.5, 0.6) is 11.5 Å². The predicted octanol–water partition coefficient (Wildman–Crippen LogP) is 4.53. The third-order valence-corrected chi connectivity index (χ3v) is 3.35. The molecule has 92 valence electrons. The molecular weight excluding hydrogens is 334 g/mol. The fourth-order valence-corrected chi connectivity index (χ4v) is 2.49. The van der Waals surface area contributed by atoms with Gasteiger partial charge in [0.1, 0.15) is 16.5 Å². The Balaban J connectivity index is 2.25. The standard InChI is InChI=1S/C13H9BrClNOS/c14-12-7-10(4-5-11(12)13(16)18)17-9-3-1-2-8(15)6-9/h1-7H,(H2,16,18). The van der Waals surface area contributed by atoms with Gasteiger partial charge in [-0.15, -0.1) is 0 Å². The number of thiocarbonyl (C=S) groups is 1. The molecule has 2 N–H and O–H groups in total. The van der Waals surface area contributed by atoms with Crippen molar-refractivity contribution in [2.45, 2.75) is 0 Å². The lowest BCUT2D eigenvalue weighted by Gasteiger charge is -2.08. The molecule has 2 aromatic rings. The van der Waals surface area contributed by atoms with Crippen molar-refractivity contribution in [3.8, 4) is 11.5 Å². The summed E-state index contributed by atoms with van der Waals surface area (Å²) in [6.45, 7) is 0. The van der Waals surface area contributed by atoms with Crippen LogP contribution in [0.4, 0.5) is 0 Å². The largest absolute Gasteiger partial charge is 0.457 e. The molecule has 0 aliphatic carbocycles. The van der Waals surface area contributed by atoms with Gasteiger partial charge in [-0.3, -0.25) is 0 Å². The predicted molar refractivity (Wildman–Crippen MR) is 81.6 cm³/mol. The topological polar surface area (TPSA) is 35.2 Å². The summed E-state index contributed by atoms with van der Waals surface area (Å²) < 4.78 is 6.48. The first-order valence-electron chi connectivity index (χ1n) is 5.09. The van der Waals surface area contributed by atoms with Gasteiger partial charge in [-0.2, -0.15) is 0 Å². The summed E-state index contributed by atoms with van der Waals surface area (Å²) in [6, 6.07) is 12.6. The highest BCUT2D eigenvalue weighted by atomic mass is 79.9. The Morgan fingerprint density at radius 1 is 1.17 bits per heavy atom. The molecule has 0 fully saturated rings. The number of nitrogens with two attached hydrogens (primary N) is 1. The van der Waals surface area contributed by atoms with Gasteiger partial charge in [0.25, 0.3) is 0 Å². The number of halogens is 2. The number of benzene rings is 2. The lowest BCUT2D eigenvalue weighted by atomic mass is 10.2. The summed E-state index contributed by atoms with van der Waals surface area (Å²) in [4.78, 5) is 0.344. The summed E-state index contributed by atoms with van der Waals surface area (Å²) in [5.74, 6) is 1.36. The van der Waals surface area contributed by atoms with E-state index in [-0.39, 0.29) is 0 Å². The van der Waals surface area contributed by atoms with Gasteiger partial charge < -0.3 is 10.5 Å². The molecule has 0 heterocycles. The maximum absolute atomic E-state index is 5.89. The van der Waals surface area contributed by atoms with Gasteiger partial charge in [0.15, 0.2) is 0 Å². The zero-order valence-corrected chi connectivity index (χ0v) is 12.3. The maximum Gasteiger partial charge on any atom is 0.128 e. The van der Waals surface area contributed by atoms with Crippen molar-refractivity contribution >= 4 is 44.7 Å². The molecule has 0 saturated carbocycles. The third kappa shape index (κ3) is 3.22. The Hall–Kier alpha value is -1.10. The molecule has 0 aliphatic heterocycles. The second kappa shape index (κ2) is 5.69. The van der Waals surface area contributed by atoms with Crippen molar-refractivity contribution in [2.75, 3.05) is 0 Å². The molecule has 0 aromatic heterocycles. The van der Waals surface area contributed by atoms with E-state index in [1.165, 1.54) is 0 Å². The first-order chi connectivity index (χ1) is 8.56. The highest BCUT2D eigenvalue weighted by Gasteiger charge is 2.05. The van der Waals surface area contributed by atoms with Crippen molar-refractivity contribution in [2.24, 2.45) is 5.73 Å². The van der Waals surface area contributed by atoms with Crippen LogP contribution < -0.4 is 10.5 Å². The van der Waals surface area contributed by atoms with Crippen molar-refractivity contribution in [1.29, 1.82) is 0 Å². The van der Waals surface area contributed by atoms with Crippen LogP contribution in [0, 0.1) is 0 Å². The van der Waals surface area contributed by atoms with E-state index in [1.54, 1.807) is 18.2 Å². The summed E-state index contributed by atoms with van der Waals surface area (Å²) in [5.41, 5.74) is 6.36. The van der Waals surface area contributed by atoms with Crippen LogP contribution in [0.15, 0.2) is 46.9 Å². The average molecular weight is 343 g/mol. The van der Waals surface area contributed by atoms with Crippen LogP contribution in [0.3, 0.4) is 0 Å². The molecule has 0 spiro atoms. The van der Waals surface area contributed by atoms with Crippen LogP contribution in [-0.2, 0) is 0 Å². The van der Waals surface area contributed by atoms with Crippen LogP contribution in [0.25, 0.3) is 0 Å². The SMILES string of the molecule is NC(=S)c1ccc(Oc2cccc(Cl)c2)cc1Br. The van der Waals surface area contributed by atoms with Crippen LogP contribution >= 0.6 is 39.7 Å². The van der Waals surface area contributed by atoms with E-state index in [2.05, 4.69) is 15.9 Å². The Bertz CT molecular complexity index is 603. The summed E-state index contributed by atoms with van der Waals surface area (Å²) in [5, 5.41) is 0.631. The van der Waals surface area contributed by atoms with Crippen molar-refractivity contribution in [3.05, 3.63) is 57.5 Å². The Morgan fingerprint density at radius 3 is 2.50 bits per heavy atom. The normalized spacial score (nSPS) is 10.1. The number of rotatable bonds is 3. The molecule has 2 rings (SSSR count). The monoisotopic (exact) mass is 341 g/mol. The second-order valence-electron chi connectivity index (χ2n) is 3.57. The van der Waals surface area contributed by atoms with Crippen molar-refractivity contribution in [3.63, 3.8) is 0 Å². The quantitative estimate of drug-likeness (QED) is 0.832. The Morgan fingerprint density at radius 2 is 1.89 bits per heavy atom. The first kappa shape index (κ1) is 13.3. The smallest absolute Gasteiger partial charge is 0.128 e. The van der Waals surface area contributed by atoms with Gasteiger partial charge in [0.2, 0.25) is 0 Å². The second-order valence-corrected chi connectivity index (χ2v) is 5.30. The number of hydrogen-bond donors (Lipinski definition) is 1. The Kier molecular flexibility index (Phi) is 4.22. The van der Waals surface area contributed by atoms with Gasteiger partial charge in [-0.1, -0.05) is 29.9 Å². The fourth-order valence-electron chi connectivity index (χ4n) is 1.43. The molecule has 0 bridgehead atoms. The molecule has 18 heavy (non-hydrogen) atoms. The molecule has 2 nitrogen and oxygen atoms in total. The molecule has 5 heteroatoms. The third-order valence-electron chi connectivity index (χ3n) is 2.24. The lowest BCUT2D eigenvalue weighted by molar-refractivity contribution is 0.482. The first-order valence-corrected chi connectivity index (χ1v) is 6.67. The number of ether oxygens (including phenoxy) is 1. The minimum absolute atomic E-state index is 0.344. The van der Waals surface area contributed by atoms with Crippen LogP contribution in [-0.4, -0.2) is 4.99 Å². The van der Waals surface area contributed by atoms with Gasteiger partial charge in [-0.05, 0) is 52.3 Å². The molecule has 0 amide bonds. The average Bonchev–Trinajstić information content (AvgIpc) is 2.28. The lowest BCUT2D eigenvalue weighted by Crippen LogP contribution is -2.09. The molecule has 2 aromatic carbocycles. The van der Waals surface area contributed by atoms with E-state index in [0.717, 1.165) is 10.0 Å². The fraction of sp³-hybridized carbons (Fsp3) is 0. The van der Waals surface area contributed by atoms with E-state index in [9.17, 15) is 0 Å². The summed E-state index contributed by atoms with van der Waals surface area (Å²) in [6.07, 6.45) is 0. The van der Waals surface area contributed by atoms with Gasteiger partial charge in [0, 0.05) is 15.1 Å². The number of hydrogen-bond acceptors (Lipinski definition) is 2. The molecule has 0 unspecified atom stereocenters. The van der Waals surface area contributed by atoms with Crippen molar-refractivity contribution in [1.82, 2.24) is 0 Å². The molecule has 0 saturated heterocycles. The molecule has 0 aliphatic rings. The van der Waals surface area contributed by atoms with Crippen molar-refractivity contribution < 1.29 is 4.74 Å². The minimum atomic E-state index is 0.344. The van der Waals surface area contributed by atoms with Crippen LogP contribution in [0.1, 0.15) is 5.56 Å². The van der Waals surface area contributed by atoms with Gasteiger partial charge >= 0.3 is 0 Å². The molecular formula is C13H9BrClNOS. The zero-order valence-electron chi connectivity index (χ0n) is 9.19. The zero-order chi connectivity index (χ0) is 13.1. The van der Waals surface area contributed by atoms with E-state index in [0.29, 0.717) is 21.5 Å². The minimum Gasteiger partial charge on any atom is -0.457 e. The van der Waals surface area contributed by atoms with Crippen LogP contribution in [0.2, 0.25) is 5.02 Å². The van der Waals surface area contributed by atoms with E-state index in [1.807, 2.05) is 24.3 Å². The van der Waals surface area contributed by atoms with E-state index < -0.39 is 0 Å². The Labute approximate surface area is 124 Å². The maximum atomic E-state index is 5.89. The summed E-state index contributed by atoms with van der Waals surface area (Å²) >= 11 is 14.2. The highest BCUT2D eigenvalue weighted by molar-refractivity contribution is 9.10. The molecule has 0 radical (unpaired) electrons. The van der Waals surface area contributed by atoms with E-state index in [4.69, 9.17) is 34.3 Å². The summed E-state index contributed by atoms with van der Waals surface area (Å²) in [7, 11) is 0. The van der Waals surface area contributed by atoms with E-state index >= 15 is 0 Å².